The number of thiophene rings is 1. The normalized spacial score (nSPS) is 12.8. The number of carboxylic acids is 1. The summed E-state index contributed by atoms with van der Waals surface area (Å²) < 4.78 is 0.573. The van der Waals surface area contributed by atoms with Gasteiger partial charge in [0.15, 0.2) is 0 Å². The van der Waals surface area contributed by atoms with Crippen LogP contribution in [0.3, 0.4) is 0 Å². The molecule has 1 aromatic rings. The molecule has 1 aromatic heterocycles. The third-order valence-electron chi connectivity index (χ3n) is 1.44. The number of nitrogens with two attached hydrogens (primary N) is 1. The summed E-state index contributed by atoms with van der Waals surface area (Å²) >= 11 is 7.12. The van der Waals surface area contributed by atoms with E-state index < -0.39 is 12.0 Å². The van der Waals surface area contributed by atoms with Gasteiger partial charge in [0.25, 0.3) is 0 Å². The molecule has 1 heterocycles. The highest BCUT2D eigenvalue weighted by molar-refractivity contribution is 7.14. The van der Waals surface area contributed by atoms with Crippen molar-refractivity contribution in [1.82, 2.24) is 0 Å². The predicted octanol–water partition coefficient (Wildman–Crippen LogP) is 1.88. The van der Waals surface area contributed by atoms with Gasteiger partial charge >= 0.3 is 5.97 Å². The number of rotatable bonds is 3. The molecule has 0 spiro atoms. The Labute approximate surface area is 78.8 Å². The number of aliphatic carboxylic acids is 1. The van der Waals surface area contributed by atoms with Crippen LogP contribution in [-0.4, -0.2) is 11.1 Å². The largest absolute Gasteiger partial charge is 0.481 e. The van der Waals surface area contributed by atoms with Gasteiger partial charge in [-0.05, 0) is 17.0 Å². The van der Waals surface area contributed by atoms with Crippen molar-refractivity contribution in [3.05, 3.63) is 21.3 Å². The number of halogens is 1. The van der Waals surface area contributed by atoms with Gasteiger partial charge in [-0.1, -0.05) is 11.6 Å². The maximum atomic E-state index is 10.3. The van der Waals surface area contributed by atoms with Crippen LogP contribution >= 0.6 is 22.9 Å². The minimum atomic E-state index is -0.912. The van der Waals surface area contributed by atoms with Crippen molar-refractivity contribution in [2.24, 2.45) is 5.73 Å². The van der Waals surface area contributed by atoms with E-state index in [1.807, 2.05) is 0 Å². The first-order valence-corrected chi connectivity index (χ1v) is 4.57. The molecule has 0 aliphatic carbocycles. The van der Waals surface area contributed by atoms with Crippen LogP contribution in [0.25, 0.3) is 0 Å². The second-order valence-electron chi connectivity index (χ2n) is 2.35. The van der Waals surface area contributed by atoms with Crippen molar-refractivity contribution in [3.63, 3.8) is 0 Å². The van der Waals surface area contributed by atoms with Gasteiger partial charge in [-0.3, -0.25) is 4.79 Å². The zero-order valence-electron chi connectivity index (χ0n) is 6.16. The Balaban J connectivity index is 2.71. The smallest absolute Gasteiger partial charge is 0.305 e. The molecule has 1 atom stereocenters. The third kappa shape index (κ3) is 2.20. The maximum Gasteiger partial charge on any atom is 0.305 e. The molecule has 0 saturated carbocycles. The molecule has 0 aliphatic rings. The Morgan fingerprint density at radius 1 is 1.83 bits per heavy atom. The van der Waals surface area contributed by atoms with Crippen molar-refractivity contribution < 1.29 is 9.90 Å². The molecule has 3 N–H and O–H groups in total. The van der Waals surface area contributed by atoms with Crippen LogP contribution in [0, 0.1) is 0 Å². The Bertz CT molecular complexity index is 287. The molecule has 0 fully saturated rings. The van der Waals surface area contributed by atoms with Gasteiger partial charge in [-0.2, -0.15) is 0 Å². The van der Waals surface area contributed by atoms with Gasteiger partial charge in [0.1, 0.15) is 0 Å². The summed E-state index contributed by atoms with van der Waals surface area (Å²) in [6.45, 7) is 0. The number of hydrogen-bond acceptors (Lipinski definition) is 3. The molecule has 12 heavy (non-hydrogen) atoms. The van der Waals surface area contributed by atoms with Gasteiger partial charge in [0, 0.05) is 6.04 Å². The van der Waals surface area contributed by atoms with E-state index in [2.05, 4.69) is 0 Å². The van der Waals surface area contributed by atoms with Crippen LogP contribution in [0.5, 0.6) is 0 Å². The molecule has 0 saturated heterocycles. The van der Waals surface area contributed by atoms with E-state index >= 15 is 0 Å². The predicted molar refractivity (Wildman–Crippen MR) is 48.5 cm³/mol. The SMILES string of the molecule is N[C@@H](CC(=O)O)c1ccsc1Cl. The summed E-state index contributed by atoms with van der Waals surface area (Å²) in [7, 11) is 0. The molecular formula is C7H8ClNO2S. The third-order valence-corrected chi connectivity index (χ3v) is 2.64. The molecule has 66 valence electrons. The van der Waals surface area contributed by atoms with E-state index in [1.54, 1.807) is 11.4 Å². The summed E-state index contributed by atoms with van der Waals surface area (Å²) in [5.74, 6) is -0.912. The van der Waals surface area contributed by atoms with Crippen LogP contribution in [-0.2, 0) is 4.79 Å². The Kier molecular flexibility index (Phi) is 3.08. The van der Waals surface area contributed by atoms with Crippen molar-refractivity contribution in [1.29, 1.82) is 0 Å². The Morgan fingerprint density at radius 3 is 2.92 bits per heavy atom. The average molecular weight is 206 g/mol. The fourth-order valence-electron chi connectivity index (χ4n) is 0.868. The van der Waals surface area contributed by atoms with E-state index in [4.69, 9.17) is 22.4 Å². The molecule has 0 radical (unpaired) electrons. The van der Waals surface area contributed by atoms with Crippen LogP contribution in [0.2, 0.25) is 4.34 Å². The van der Waals surface area contributed by atoms with E-state index in [-0.39, 0.29) is 6.42 Å². The number of carbonyl (C=O) groups is 1. The van der Waals surface area contributed by atoms with Crippen LogP contribution in [0.4, 0.5) is 0 Å². The van der Waals surface area contributed by atoms with Crippen molar-refractivity contribution in [2.75, 3.05) is 0 Å². The first-order chi connectivity index (χ1) is 5.61. The zero-order valence-corrected chi connectivity index (χ0v) is 7.73. The molecule has 0 bridgehead atoms. The lowest BCUT2D eigenvalue weighted by Crippen LogP contribution is -2.14. The second-order valence-corrected chi connectivity index (χ2v) is 3.87. The highest BCUT2D eigenvalue weighted by atomic mass is 35.5. The second kappa shape index (κ2) is 3.89. The van der Waals surface area contributed by atoms with E-state index in [1.165, 1.54) is 11.3 Å². The minimum absolute atomic E-state index is 0.0869. The first-order valence-electron chi connectivity index (χ1n) is 3.31. The van der Waals surface area contributed by atoms with Gasteiger partial charge < -0.3 is 10.8 Å². The van der Waals surface area contributed by atoms with Gasteiger partial charge in [0.2, 0.25) is 0 Å². The van der Waals surface area contributed by atoms with E-state index in [9.17, 15) is 4.79 Å². The molecule has 0 amide bonds. The van der Waals surface area contributed by atoms with Gasteiger partial charge in [-0.25, -0.2) is 0 Å². The van der Waals surface area contributed by atoms with E-state index in [0.717, 1.165) is 0 Å². The highest BCUT2D eigenvalue weighted by Crippen LogP contribution is 2.28. The molecule has 1 rings (SSSR count). The summed E-state index contributed by atoms with van der Waals surface area (Å²) in [5, 5.41) is 10.2. The van der Waals surface area contributed by atoms with E-state index in [0.29, 0.717) is 9.90 Å². The fourth-order valence-corrected chi connectivity index (χ4v) is 1.92. The monoisotopic (exact) mass is 205 g/mol. The number of carboxylic acid groups (broad SMARTS) is 1. The fraction of sp³-hybridized carbons (Fsp3) is 0.286. The van der Waals surface area contributed by atoms with Crippen LogP contribution in [0.1, 0.15) is 18.0 Å². The lowest BCUT2D eigenvalue weighted by molar-refractivity contribution is -0.137. The molecule has 0 unspecified atom stereocenters. The molecule has 5 heteroatoms. The van der Waals surface area contributed by atoms with Crippen molar-refractivity contribution in [3.8, 4) is 0 Å². The maximum absolute atomic E-state index is 10.3. The van der Waals surface area contributed by atoms with Crippen LogP contribution in [0.15, 0.2) is 11.4 Å². The summed E-state index contributed by atoms with van der Waals surface area (Å²) in [6.07, 6.45) is -0.0869. The molecular weight excluding hydrogens is 198 g/mol. The summed E-state index contributed by atoms with van der Waals surface area (Å²) in [5.41, 5.74) is 6.29. The first kappa shape index (κ1) is 9.51. The minimum Gasteiger partial charge on any atom is -0.481 e. The van der Waals surface area contributed by atoms with Crippen LogP contribution < -0.4 is 5.73 Å². The topological polar surface area (TPSA) is 63.3 Å². The summed E-state index contributed by atoms with van der Waals surface area (Å²) in [4.78, 5) is 10.3. The van der Waals surface area contributed by atoms with Gasteiger partial charge in [-0.15, -0.1) is 11.3 Å². The molecule has 3 nitrogen and oxygen atoms in total. The Morgan fingerprint density at radius 2 is 2.50 bits per heavy atom. The zero-order chi connectivity index (χ0) is 9.14. The molecule has 0 aromatic carbocycles. The van der Waals surface area contributed by atoms with Gasteiger partial charge in [0.05, 0.1) is 10.8 Å². The lowest BCUT2D eigenvalue weighted by Gasteiger charge is -2.06. The van der Waals surface area contributed by atoms with Crippen molar-refractivity contribution >= 4 is 28.9 Å². The van der Waals surface area contributed by atoms with Crippen molar-refractivity contribution in [2.45, 2.75) is 12.5 Å². The molecule has 0 aliphatic heterocycles. The standard InChI is InChI=1S/C7H8ClNO2S/c8-7-4(1-2-12-7)5(9)3-6(10)11/h1-2,5H,3,9H2,(H,10,11)/t5-/m0/s1. The average Bonchev–Trinajstić information content (AvgIpc) is 2.33. The lowest BCUT2D eigenvalue weighted by atomic mass is 10.1. The summed E-state index contributed by atoms with van der Waals surface area (Å²) in [6, 6.07) is 1.25. The Hall–Kier alpha value is -0.580. The quantitative estimate of drug-likeness (QED) is 0.792. The number of hydrogen-bond donors (Lipinski definition) is 2. The highest BCUT2D eigenvalue weighted by Gasteiger charge is 2.14.